The molecule has 7 heteroatoms. The van der Waals surface area contributed by atoms with Crippen molar-refractivity contribution in [2.24, 2.45) is 0 Å². The van der Waals surface area contributed by atoms with Crippen LogP contribution < -0.4 is 4.72 Å². The number of likely N-dealkylation sites (tertiary alicyclic amines) is 1. The van der Waals surface area contributed by atoms with Crippen LogP contribution in [0.5, 0.6) is 0 Å². The SMILES string of the molecule is CC(C=Cc1ccccc1S(=O)(=O)Nc1ccc2c(c1C(=O)O)CCCC2)N1CCCC1. The van der Waals surface area contributed by atoms with Gasteiger partial charge in [-0.1, -0.05) is 36.4 Å². The van der Waals surface area contributed by atoms with Crippen LogP contribution in [0.4, 0.5) is 5.69 Å². The Labute approximate surface area is 190 Å². The number of hydrogen-bond donors (Lipinski definition) is 2. The van der Waals surface area contributed by atoms with Gasteiger partial charge < -0.3 is 5.11 Å². The molecule has 0 aromatic heterocycles. The van der Waals surface area contributed by atoms with E-state index in [0.717, 1.165) is 43.5 Å². The third-order valence-electron chi connectivity index (χ3n) is 6.47. The van der Waals surface area contributed by atoms with E-state index in [1.54, 1.807) is 30.3 Å². The van der Waals surface area contributed by atoms with E-state index in [4.69, 9.17) is 0 Å². The average Bonchev–Trinajstić information content (AvgIpc) is 3.32. The highest BCUT2D eigenvalue weighted by atomic mass is 32.2. The molecule has 1 atom stereocenters. The number of nitrogens with zero attached hydrogens (tertiary/aromatic N) is 1. The summed E-state index contributed by atoms with van der Waals surface area (Å²) < 4.78 is 29.2. The molecule has 1 saturated heterocycles. The molecule has 1 heterocycles. The summed E-state index contributed by atoms with van der Waals surface area (Å²) in [4.78, 5) is 14.5. The number of fused-ring (bicyclic) bond motifs is 1. The molecule has 0 radical (unpaired) electrons. The number of anilines is 1. The fourth-order valence-corrected chi connectivity index (χ4v) is 6.01. The summed E-state index contributed by atoms with van der Waals surface area (Å²) in [5.74, 6) is -1.10. The van der Waals surface area contributed by atoms with E-state index in [0.29, 0.717) is 12.0 Å². The van der Waals surface area contributed by atoms with Crippen LogP contribution in [0.2, 0.25) is 0 Å². The van der Waals surface area contributed by atoms with Crippen LogP contribution in [0, 0.1) is 0 Å². The Balaban J connectivity index is 1.65. The van der Waals surface area contributed by atoms with Gasteiger partial charge in [-0.25, -0.2) is 13.2 Å². The van der Waals surface area contributed by atoms with Gasteiger partial charge in [0.2, 0.25) is 0 Å². The number of hydrogen-bond acceptors (Lipinski definition) is 4. The van der Waals surface area contributed by atoms with Gasteiger partial charge in [0.15, 0.2) is 0 Å². The maximum absolute atomic E-state index is 13.3. The Bertz CT molecular complexity index is 1130. The lowest BCUT2D eigenvalue weighted by atomic mass is 9.87. The van der Waals surface area contributed by atoms with Crippen molar-refractivity contribution in [2.75, 3.05) is 17.8 Å². The molecule has 2 N–H and O–H groups in total. The number of nitrogens with one attached hydrogen (secondary N) is 1. The first-order valence-electron chi connectivity index (χ1n) is 11.3. The van der Waals surface area contributed by atoms with Gasteiger partial charge in [-0.15, -0.1) is 0 Å². The second kappa shape index (κ2) is 9.46. The molecule has 0 bridgehead atoms. The van der Waals surface area contributed by atoms with Crippen molar-refractivity contribution in [1.82, 2.24) is 4.90 Å². The molecule has 6 nitrogen and oxygen atoms in total. The molecule has 1 unspecified atom stereocenters. The third-order valence-corrected chi connectivity index (χ3v) is 7.91. The molecule has 2 aliphatic rings. The van der Waals surface area contributed by atoms with Crippen LogP contribution in [0.25, 0.3) is 6.08 Å². The zero-order valence-corrected chi connectivity index (χ0v) is 19.2. The highest BCUT2D eigenvalue weighted by Gasteiger charge is 2.25. The van der Waals surface area contributed by atoms with Gasteiger partial charge in [-0.2, -0.15) is 0 Å². The Kier molecular flexibility index (Phi) is 6.67. The number of benzene rings is 2. The van der Waals surface area contributed by atoms with Crippen molar-refractivity contribution in [2.45, 2.75) is 56.4 Å². The average molecular weight is 455 g/mol. The number of carboxylic acid groups (broad SMARTS) is 1. The second-order valence-electron chi connectivity index (χ2n) is 8.62. The first-order valence-corrected chi connectivity index (χ1v) is 12.8. The Hall–Kier alpha value is -2.64. The maximum Gasteiger partial charge on any atom is 0.338 e. The van der Waals surface area contributed by atoms with E-state index in [-0.39, 0.29) is 22.2 Å². The lowest BCUT2D eigenvalue weighted by Crippen LogP contribution is -2.28. The van der Waals surface area contributed by atoms with Gasteiger partial charge in [0, 0.05) is 6.04 Å². The van der Waals surface area contributed by atoms with Crippen molar-refractivity contribution in [1.29, 1.82) is 0 Å². The fourth-order valence-electron chi connectivity index (χ4n) is 4.73. The van der Waals surface area contributed by atoms with Crippen molar-refractivity contribution < 1.29 is 18.3 Å². The van der Waals surface area contributed by atoms with Gasteiger partial charge >= 0.3 is 5.97 Å². The number of aryl methyl sites for hydroxylation is 1. The van der Waals surface area contributed by atoms with Crippen LogP contribution >= 0.6 is 0 Å². The minimum Gasteiger partial charge on any atom is -0.478 e. The van der Waals surface area contributed by atoms with Crippen molar-refractivity contribution >= 4 is 27.8 Å². The molecule has 1 fully saturated rings. The van der Waals surface area contributed by atoms with Gasteiger partial charge in [0.25, 0.3) is 10.0 Å². The molecule has 4 rings (SSSR count). The predicted octanol–water partition coefficient (Wildman–Crippen LogP) is 4.56. The summed E-state index contributed by atoms with van der Waals surface area (Å²) in [7, 11) is -3.97. The standard InChI is InChI=1S/C25H30N2O4S/c1-18(27-16-6-7-17-27)12-13-20-9-3-5-11-23(20)32(30,31)26-22-15-14-19-8-2-4-10-21(19)24(22)25(28)29/h3,5,9,11-15,18,26H,2,4,6-8,10,16-17H2,1H3,(H,28,29). The lowest BCUT2D eigenvalue weighted by Gasteiger charge is -2.21. The van der Waals surface area contributed by atoms with Gasteiger partial charge in [-0.05, 0) is 87.4 Å². The summed E-state index contributed by atoms with van der Waals surface area (Å²) in [6, 6.07) is 10.5. The van der Waals surface area contributed by atoms with E-state index >= 15 is 0 Å². The van der Waals surface area contributed by atoms with E-state index in [1.807, 2.05) is 18.2 Å². The predicted molar refractivity (Wildman–Crippen MR) is 127 cm³/mol. The van der Waals surface area contributed by atoms with E-state index in [9.17, 15) is 18.3 Å². The third kappa shape index (κ3) is 4.74. The molecule has 1 aliphatic carbocycles. The van der Waals surface area contributed by atoms with Crippen LogP contribution in [0.3, 0.4) is 0 Å². The largest absolute Gasteiger partial charge is 0.478 e. The molecule has 32 heavy (non-hydrogen) atoms. The lowest BCUT2D eigenvalue weighted by molar-refractivity contribution is 0.0696. The maximum atomic E-state index is 13.3. The summed E-state index contributed by atoms with van der Waals surface area (Å²) in [6.07, 6.45) is 9.67. The van der Waals surface area contributed by atoms with Crippen LogP contribution in [-0.2, 0) is 22.9 Å². The van der Waals surface area contributed by atoms with Crippen molar-refractivity contribution in [3.8, 4) is 0 Å². The summed E-state index contributed by atoms with van der Waals surface area (Å²) in [5.41, 5.74) is 2.53. The smallest absolute Gasteiger partial charge is 0.338 e. The highest BCUT2D eigenvalue weighted by Crippen LogP contribution is 2.32. The minimum atomic E-state index is -3.97. The first-order chi connectivity index (χ1) is 15.4. The number of sulfonamides is 1. The molecule has 0 spiro atoms. The molecule has 1 aliphatic heterocycles. The molecular formula is C25H30N2O4S. The number of carbonyl (C=O) groups is 1. The number of aromatic carboxylic acids is 1. The van der Waals surface area contributed by atoms with E-state index in [1.165, 1.54) is 12.8 Å². The summed E-state index contributed by atoms with van der Waals surface area (Å²) >= 11 is 0. The van der Waals surface area contributed by atoms with E-state index in [2.05, 4.69) is 16.5 Å². The van der Waals surface area contributed by atoms with Gasteiger partial charge in [0.1, 0.15) is 0 Å². The molecular weight excluding hydrogens is 424 g/mol. The Morgan fingerprint density at radius 3 is 2.53 bits per heavy atom. The monoisotopic (exact) mass is 454 g/mol. The Morgan fingerprint density at radius 2 is 1.78 bits per heavy atom. The molecule has 0 amide bonds. The molecule has 2 aromatic carbocycles. The van der Waals surface area contributed by atoms with Crippen LogP contribution in [0.15, 0.2) is 47.4 Å². The van der Waals surface area contributed by atoms with E-state index < -0.39 is 16.0 Å². The van der Waals surface area contributed by atoms with Crippen molar-refractivity contribution in [3.63, 3.8) is 0 Å². The fraction of sp³-hybridized carbons (Fsp3) is 0.400. The number of carboxylic acids is 1. The summed E-state index contributed by atoms with van der Waals surface area (Å²) in [6.45, 7) is 4.23. The highest BCUT2D eigenvalue weighted by molar-refractivity contribution is 7.92. The van der Waals surface area contributed by atoms with Crippen molar-refractivity contribution in [3.05, 3.63) is 64.7 Å². The van der Waals surface area contributed by atoms with Gasteiger partial charge in [0.05, 0.1) is 16.1 Å². The number of rotatable bonds is 7. The van der Waals surface area contributed by atoms with Crippen LogP contribution in [-0.4, -0.2) is 43.5 Å². The van der Waals surface area contributed by atoms with Gasteiger partial charge in [-0.3, -0.25) is 9.62 Å². The quantitative estimate of drug-likeness (QED) is 0.640. The first kappa shape index (κ1) is 22.6. The zero-order valence-electron chi connectivity index (χ0n) is 18.4. The Morgan fingerprint density at radius 1 is 1.06 bits per heavy atom. The van der Waals surface area contributed by atoms with Crippen LogP contribution in [0.1, 0.15) is 59.7 Å². The minimum absolute atomic E-state index is 0.0708. The molecule has 0 saturated carbocycles. The molecule has 170 valence electrons. The summed E-state index contributed by atoms with van der Waals surface area (Å²) in [5, 5.41) is 9.84. The topological polar surface area (TPSA) is 86.7 Å². The second-order valence-corrected chi connectivity index (χ2v) is 10.3. The zero-order chi connectivity index (χ0) is 22.7. The normalized spacial score (nSPS) is 17.9. The molecule has 2 aromatic rings.